The van der Waals surface area contributed by atoms with Crippen molar-refractivity contribution in [3.63, 3.8) is 0 Å². The number of hydrogen-bond acceptors (Lipinski definition) is 4. The van der Waals surface area contributed by atoms with Crippen molar-refractivity contribution in [1.82, 2.24) is 10.2 Å². The highest BCUT2D eigenvalue weighted by Crippen LogP contribution is 2.27. The van der Waals surface area contributed by atoms with Crippen molar-refractivity contribution >= 4 is 17.5 Å². The molecule has 2 fully saturated rings. The Hall–Kier alpha value is -2.24. The third kappa shape index (κ3) is 2.66. The molecule has 3 rings (SSSR count). The molecule has 0 aromatic heterocycles. The number of rotatable bonds is 3. The van der Waals surface area contributed by atoms with Crippen molar-refractivity contribution < 1.29 is 14.3 Å². The molecule has 1 aromatic rings. The molecule has 0 saturated carbocycles. The van der Waals surface area contributed by atoms with Gasteiger partial charge in [0.25, 0.3) is 5.91 Å². The van der Waals surface area contributed by atoms with Crippen LogP contribution >= 0.6 is 0 Å². The molecule has 6 nitrogen and oxygen atoms in total. The smallest absolute Gasteiger partial charge is 0.260 e. The molecule has 2 amide bonds. The number of nitrogen functional groups attached to an aromatic ring is 1. The summed E-state index contributed by atoms with van der Waals surface area (Å²) in [5.74, 6) is 0.416. The predicted molar refractivity (Wildman–Crippen MR) is 77.6 cm³/mol. The number of amides is 2. The molecule has 2 saturated heterocycles. The van der Waals surface area contributed by atoms with E-state index >= 15 is 0 Å². The Labute approximate surface area is 123 Å². The molecule has 0 radical (unpaired) electrons. The maximum Gasteiger partial charge on any atom is 0.260 e. The number of anilines is 1. The lowest BCUT2D eigenvalue weighted by Gasteiger charge is -2.35. The first kappa shape index (κ1) is 13.7. The number of hydrogen-bond donors (Lipinski definition) is 2. The van der Waals surface area contributed by atoms with E-state index in [-0.39, 0.29) is 30.4 Å². The van der Waals surface area contributed by atoms with Gasteiger partial charge in [0.1, 0.15) is 5.75 Å². The van der Waals surface area contributed by atoms with Gasteiger partial charge < -0.3 is 20.7 Å². The molecule has 2 atom stereocenters. The first-order valence-corrected chi connectivity index (χ1v) is 7.21. The first-order valence-electron chi connectivity index (χ1n) is 7.21. The van der Waals surface area contributed by atoms with Crippen LogP contribution in [-0.2, 0) is 9.59 Å². The molecule has 2 aliphatic rings. The average molecular weight is 289 g/mol. The summed E-state index contributed by atoms with van der Waals surface area (Å²) in [6.07, 6.45) is 1.71. The number of nitrogens with zero attached hydrogens (tertiary/aromatic N) is 1. The van der Waals surface area contributed by atoms with E-state index in [0.29, 0.717) is 24.5 Å². The molecule has 112 valence electrons. The number of ether oxygens (including phenoxy) is 1. The number of para-hydroxylation sites is 2. The van der Waals surface area contributed by atoms with Gasteiger partial charge >= 0.3 is 0 Å². The van der Waals surface area contributed by atoms with Gasteiger partial charge in [-0.1, -0.05) is 12.1 Å². The Kier molecular flexibility index (Phi) is 3.68. The van der Waals surface area contributed by atoms with Crippen LogP contribution < -0.4 is 15.8 Å². The number of piperidine rings is 1. The largest absolute Gasteiger partial charge is 0.482 e. The van der Waals surface area contributed by atoms with Crippen LogP contribution in [0.15, 0.2) is 24.3 Å². The van der Waals surface area contributed by atoms with E-state index in [0.717, 1.165) is 12.8 Å². The Bertz CT molecular complexity index is 561. The van der Waals surface area contributed by atoms with Crippen LogP contribution in [0, 0.1) is 5.92 Å². The van der Waals surface area contributed by atoms with Gasteiger partial charge in [-0.25, -0.2) is 0 Å². The van der Waals surface area contributed by atoms with Gasteiger partial charge in [0.05, 0.1) is 17.6 Å². The highest BCUT2D eigenvalue weighted by Gasteiger charge is 2.42. The van der Waals surface area contributed by atoms with Crippen molar-refractivity contribution in [2.75, 3.05) is 25.4 Å². The molecule has 0 aliphatic carbocycles. The molecular formula is C15H19N3O3. The average Bonchev–Trinajstić information content (AvgIpc) is 2.88. The maximum atomic E-state index is 12.4. The van der Waals surface area contributed by atoms with Crippen molar-refractivity contribution in [3.8, 4) is 5.75 Å². The van der Waals surface area contributed by atoms with Crippen molar-refractivity contribution in [3.05, 3.63) is 24.3 Å². The molecule has 3 N–H and O–H groups in total. The second-order valence-corrected chi connectivity index (χ2v) is 5.47. The van der Waals surface area contributed by atoms with Crippen LogP contribution in [0.25, 0.3) is 0 Å². The number of benzene rings is 1. The van der Waals surface area contributed by atoms with Crippen LogP contribution in [0.2, 0.25) is 0 Å². The molecule has 0 spiro atoms. The van der Waals surface area contributed by atoms with Crippen LogP contribution in [0.1, 0.15) is 12.8 Å². The van der Waals surface area contributed by atoms with Crippen molar-refractivity contribution in [1.29, 1.82) is 0 Å². The predicted octanol–water partition coefficient (Wildman–Crippen LogP) is 0.385. The molecule has 6 heteroatoms. The SMILES string of the molecule is Nc1ccccc1OCC(=O)N1CCCC2C(=O)NCC21. The minimum absolute atomic E-state index is 0.0320. The lowest BCUT2D eigenvalue weighted by molar-refractivity contribution is -0.138. The fraction of sp³-hybridized carbons (Fsp3) is 0.467. The van der Waals surface area contributed by atoms with Gasteiger partial charge in [0, 0.05) is 13.1 Å². The number of fused-ring (bicyclic) bond motifs is 1. The summed E-state index contributed by atoms with van der Waals surface area (Å²) in [7, 11) is 0. The maximum absolute atomic E-state index is 12.4. The molecule has 2 aliphatic heterocycles. The summed E-state index contributed by atoms with van der Waals surface area (Å²) in [6, 6.07) is 7.07. The zero-order chi connectivity index (χ0) is 14.8. The Morgan fingerprint density at radius 1 is 1.43 bits per heavy atom. The van der Waals surface area contributed by atoms with Crippen LogP contribution in [0.5, 0.6) is 5.75 Å². The highest BCUT2D eigenvalue weighted by molar-refractivity contribution is 5.85. The molecule has 1 aromatic carbocycles. The normalized spacial score (nSPS) is 24.4. The van der Waals surface area contributed by atoms with Crippen LogP contribution in [0.4, 0.5) is 5.69 Å². The summed E-state index contributed by atoms with van der Waals surface area (Å²) >= 11 is 0. The Morgan fingerprint density at radius 2 is 2.24 bits per heavy atom. The Balaban J connectivity index is 1.63. The number of carbonyl (C=O) groups is 2. The first-order chi connectivity index (χ1) is 10.2. The number of nitrogens with two attached hydrogens (primary N) is 1. The number of nitrogens with one attached hydrogen (secondary N) is 1. The highest BCUT2D eigenvalue weighted by atomic mass is 16.5. The lowest BCUT2D eigenvalue weighted by atomic mass is 9.91. The summed E-state index contributed by atoms with van der Waals surface area (Å²) < 4.78 is 5.51. The fourth-order valence-electron chi connectivity index (χ4n) is 3.10. The standard InChI is InChI=1S/C15H19N3O3/c16-11-5-1-2-6-13(11)21-9-14(19)18-7-3-4-10-12(18)8-17-15(10)20/h1-2,5-6,10,12H,3-4,7-9,16H2,(H,17,20). The van der Waals surface area contributed by atoms with E-state index in [1.165, 1.54) is 0 Å². The zero-order valence-corrected chi connectivity index (χ0v) is 11.7. The number of carbonyl (C=O) groups excluding carboxylic acids is 2. The third-order valence-corrected chi connectivity index (χ3v) is 4.19. The Morgan fingerprint density at radius 3 is 3.05 bits per heavy atom. The van der Waals surface area contributed by atoms with Crippen molar-refractivity contribution in [2.45, 2.75) is 18.9 Å². The lowest BCUT2D eigenvalue weighted by Crippen LogP contribution is -2.50. The van der Waals surface area contributed by atoms with Gasteiger partial charge in [-0.2, -0.15) is 0 Å². The van der Waals surface area contributed by atoms with Gasteiger partial charge in [0.15, 0.2) is 6.61 Å². The van der Waals surface area contributed by atoms with E-state index in [9.17, 15) is 9.59 Å². The molecule has 2 unspecified atom stereocenters. The minimum Gasteiger partial charge on any atom is -0.482 e. The van der Waals surface area contributed by atoms with E-state index in [1.807, 2.05) is 12.1 Å². The van der Waals surface area contributed by atoms with E-state index in [1.54, 1.807) is 17.0 Å². The van der Waals surface area contributed by atoms with Gasteiger partial charge in [0.2, 0.25) is 5.91 Å². The molecule has 2 heterocycles. The topological polar surface area (TPSA) is 84.7 Å². The van der Waals surface area contributed by atoms with E-state index in [2.05, 4.69) is 5.32 Å². The zero-order valence-electron chi connectivity index (χ0n) is 11.7. The number of likely N-dealkylation sites (tertiary alicyclic amines) is 1. The van der Waals surface area contributed by atoms with Crippen LogP contribution in [-0.4, -0.2) is 42.5 Å². The van der Waals surface area contributed by atoms with Gasteiger partial charge in [-0.05, 0) is 25.0 Å². The van der Waals surface area contributed by atoms with Crippen molar-refractivity contribution in [2.24, 2.45) is 5.92 Å². The summed E-state index contributed by atoms with van der Waals surface area (Å²) in [5.41, 5.74) is 6.30. The second-order valence-electron chi connectivity index (χ2n) is 5.47. The summed E-state index contributed by atoms with van der Waals surface area (Å²) in [6.45, 7) is 1.18. The van der Waals surface area contributed by atoms with E-state index in [4.69, 9.17) is 10.5 Å². The van der Waals surface area contributed by atoms with Gasteiger partial charge in [-0.15, -0.1) is 0 Å². The van der Waals surface area contributed by atoms with Gasteiger partial charge in [-0.3, -0.25) is 9.59 Å². The monoisotopic (exact) mass is 289 g/mol. The quantitative estimate of drug-likeness (QED) is 0.788. The fourth-order valence-corrected chi connectivity index (χ4v) is 3.10. The minimum atomic E-state index is -0.0931. The van der Waals surface area contributed by atoms with Crippen LogP contribution in [0.3, 0.4) is 0 Å². The third-order valence-electron chi connectivity index (χ3n) is 4.19. The summed E-state index contributed by atoms with van der Waals surface area (Å²) in [4.78, 5) is 25.8. The summed E-state index contributed by atoms with van der Waals surface area (Å²) in [5, 5.41) is 2.84. The molecule has 0 bridgehead atoms. The molecular weight excluding hydrogens is 270 g/mol. The van der Waals surface area contributed by atoms with E-state index < -0.39 is 0 Å². The molecule has 21 heavy (non-hydrogen) atoms. The second kappa shape index (κ2) is 5.63.